The smallest absolute Gasteiger partial charge is 0.303 e. The molecule has 1 saturated heterocycles. The second-order valence-corrected chi connectivity index (χ2v) is 6.54. The molecule has 0 bridgehead atoms. The van der Waals surface area contributed by atoms with Crippen molar-refractivity contribution >= 4 is 23.5 Å². The quantitative estimate of drug-likeness (QED) is 0.835. The average molecular weight is 336 g/mol. The lowest BCUT2D eigenvalue weighted by Gasteiger charge is -2.26. The number of amides is 2. The van der Waals surface area contributed by atoms with Gasteiger partial charge < -0.3 is 15.3 Å². The summed E-state index contributed by atoms with van der Waals surface area (Å²) in [7, 11) is 0. The molecule has 1 aromatic carbocycles. The number of carbonyl (C=O) groups excluding carboxylic acids is 2. The topological polar surface area (TPSA) is 86.7 Å². The Morgan fingerprint density at radius 2 is 2.08 bits per heavy atom. The minimum absolute atomic E-state index is 0.0465. The molecule has 0 spiro atoms. The standard InChI is InChI=1S/C17H21FN2O4/c1-17(2,8-7-15(22)23)19-16(24)12-10-11(5-6-13(12)18)20-9-3-4-14(20)21/h5-6,10H,3-4,7-9H2,1-2H3,(H,19,24)(H,22,23). The number of nitrogens with zero attached hydrogens (tertiary/aromatic N) is 1. The molecule has 1 heterocycles. The SMILES string of the molecule is CC(C)(CCC(=O)O)NC(=O)c1cc(N2CCCC2=O)ccc1F. The Kier molecular flexibility index (Phi) is 5.21. The van der Waals surface area contributed by atoms with Gasteiger partial charge in [-0.1, -0.05) is 0 Å². The third kappa shape index (κ3) is 4.31. The van der Waals surface area contributed by atoms with E-state index in [9.17, 15) is 18.8 Å². The second kappa shape index (κ2) is 6.98. The zero-order valence-corrected chi connectivity index (χ0v) is 13.8. The molecule has 24 heavy (non-hydrogen) atoms. The first-order valence-corrected chi connectivity index (χ1v) is 7.84. The maximum Gasteiger partial charge on any atom is 0.303 e. The van der Waals surface area contributed by atoms with Gasteiger partial charge in [0.25, 0.3) is 5.91 Å². The molecule has 0 atom stereocenters. The zero-order valence-electron chi connectivity index (χ0n) is 13.8. The number of carbonyl (C=O) groups is 3. The maximum absolute atomic E-state index is 14.0. The summed E-state index contributed by atoms with van der Waals surface area (Å²) < 4.78 is 14.0. The van der Waals surface area contributed by atoms with Crippen LogP contribution < -0.4 is 10.2 Å². The monoisotopic (exact) mass is 336 g/mol. The lowest BCUT2D eigenvalue weighted by atomic mass is 9.97. The van der Waals surface area contributed by atoms with E-state index >= 15 is 0 Å². The van der Waals surface area contributed by atoms with Gasteiger partial charge in [0, 0.05) is 30.6 Å². The molecule has 0 saturated carbocycles. The van der Waals surface area contributed by atoms with Crippen molar-refractivity contribution in [1.29, 1.82) is 0 Å². The Morgan fingerprint density at radius 3 is 2.67 bits per heavy atom. The normalized spacial score (nSPS) is 14.8. The lowest BCUT2D eigenvalue weighted by molar-refractivity contribution is -0.137. The van der Waals surface area contributed by atoms with Gasteiger partial charge in [0.1, 0.15) is 5.82 Å². The number of nitrogens with one attached hydrogen (secondary N) is 1. The largest absolute Gasteiger partial charge is 0.481 e. The summed E-state index contributed by atoms with van der Waals surface area (Å²) in [5, 5.41) is 11.4. The van der Waals surface area contributed by atoms with Crippen LogP contribution in [-0.4, -0.2) is 35.0 Å². The van der Waals surface area contributed by atoms with Gasteiger partial charge in [-0.3, -0.25) is 14.4 Å². The van der Waals surface area contributed by atoms with Crippen LogP contribution in [0.4, 0.5) is 10.1 Å². The van der Waals surface area contributed by atoms with Crippen LogP contribution in [0.15, 0.2) is 18.2 Å². The third-order valence-corrected chi connectivity index (χ3v) is 4.00. The van der Waals surface area contributed by atoms with Crippen LogP contribution in [0.25, 0.3) is 0 Å². The molecule has 2 amide bonds. The van der Waals surface area contributed by atoms with Crippen LogP contribution in [0.1, 0.15) is 49.9 Å². The number of benzene rings is 1. The summed E-state index contributed by atoms with van der Waals surface area (Å²) >= 11 is 0. The number of halogens is 1. The van der Waals surface area contributed by atoms with E-state index in [2.05, 4.69) is 5.32 Å². The molecule has 130 valence electrons. The number of carboxylic acid groups (broad SMARTS) is 1. The van der Waals surface area contributed by atoms with E-state index in [4.69, 9.17) is 5.11 Å². The number of anilines is 1. The lowest BCUT2D eigenvalue weighted by Crippen LogP contribution is -2.44. The van der Waals surface area contributed by atoms with E-state index in [1.165, 1.54) is 23.1 Å². The van der Waals surface area contributed by atoms with Crippen LogP contribution in [0.2, 0.25) is 0 Å². The first kappa shape index (κ1) is 17.9. The molecule has 7 heteroatoms. The summed E-state index contributed by atoms with van der Waals surface area (Å²) in [6.45, 7) is 3.91. The summed E-state index contributed by atoms with van der Waals surface area (Å²) in [5.74, 6) is -2.32. The fraction of sp³-hybridized carbons (Fsp3) is 0.471. The van der Waals surface area contributed by atoms with Crippen LogP contribution in [0.3, 0.4) is 0 Å². The molecule has 2 rings (SSSR count). The molecule has 1 aliphatic rings. The molecule has 0 radical (unpaired) electrons. The van der Waals surface area contributed by atoms with Gasteiger partial charge in [-0.25, -0.2) is 4.39 Å². The highest BCUT2D eigenvalue weighted by molar-refractivity contribution is 5.99. The van der Waals surface area contributed by atoms with Gasteiger partial charge in [-0.15, -0.1) is 0 Å². The van der Waals surface area contributed by atoms with Gasteiger partial charge in [0.15, 0.2) is 0 Å². The Balaban J connectivity index is 2.16. The number of hydrogen-bond donors (Lipinski definition) is 2. The van der Waals surface area contributed by atoms with Crippen molar-refractivity contribution in [3.63, 3.8) is 0 Å². The van der Waals surface area contributed by atoms with Crippen molar-refractivity contribution in [2.75, 3.05) is 11.4 Å². The van der Waals surface area contributed by atoms with E-state index < -0.39 is 23.2 Å². The molecule has 2 N–H and O–H groups in total. The molecule has 1 fully saturated rings. The van der Waals surface area contributed by atoms with Gasteiger partial charge in [0.2, 0.25) is 5.91 Å². The highest BCUT2D eigenvalue weighted by Crippen LogP contribution is 2.24. The Bertz CT molecular complexity index is 673. The molecule has 6 nitrogen and oxygen atoms in total. The highest BCUT2D eigenvalue weighted by Gasteiger charge is 2.26. The minimum atomic E-state index is -0.960. The van der Waals surface area contributed by atoms with E-state index in [1.54, 1.807) is 13.8 Å². The Labute approximate surface area is 139 Å². The second-order valence-electron chi connectivity index (χ2n) is 6.54. The highest BCUT2D eigenvalue weighted by atomic mass is 19.1. The van der Waals surface area contributed by atoms with Gasteiger partial charge in [-0.2, -0.15) is 0 Å². The predicted octanol–water partition coefficient (Wildman–Crippen LogP) is 2.33. The predicted molar refractivity (Wildman–Crippen MR) is 86.4 cm³/mol. The van der Waals surface area contributed by atoms with Crippen molar-refractivity contribution in [3.8, 4) is 0 Å². The molecule has 0 unspecified atom stereocenters. The number of hydrogen-bond acceptors (Lipinski definition) is 3. The molecular weight excluding hydrogens is 315 g/mol. The van der Waals surface area contributed by atoms with Crippen LogP contribution in [-0.2, 0) is 9.59 Å². The third-order valence-electron chi connectivity index (χ3n) is 4.00. The van der Waals surface area contributed by atoms with Crippen molar-refractivity contribution in [1.82, 2.24) is 5.32 Å². The molecule has 1 aromatic rings. The van der Waals surface area contributed by atoms with Crippen molar-refractivity contribution in [3.05, 3.63) is 29.6 Å². The minimum Gasteiger partial charge on any atom is -0.481 e. The number of carboxylic acids is 1. The fourth-order valence-corrected chi connectivity index (χ4v) is 2.63. The fourth-order valence-electron chi connectivity index (χ4n) is 2.63. The average Bonchev–Trinajstić information content (AvgIpc) is 2.91. The molecule has 0 aromatic heterocycles. The summed E-state index contributed by atoms with van der Waals surface area (Å²) in [4.78, 5) is 36.4. The molecular formula is C17H21FN2O4. The molecule has 0 aliphatic carbocycles. The van der Waals surface area contributed by atoms with E-state index in [1.807, 2.05) is 0 Å². The van der Waals surface area contributed by atoms with E-state index in [-0.39, 0.29) is 24.3 Å². The first-order chi connectivity index (χ1) is 11.2. The van der Waals surface area contributed by atoms with Crippen molar-refractivity contribution in [2.24, 2.45) is 0 Å². The van der Waals surface area contributed by atoms with Crippen molar-refractivity contribution < 1.29 is 23.9 Å². The van der Waals surface area contributed by atoms with Gasteiger partial charge >= 0.3 is 5.97 Å². The first-order valence-electron chi connectivity index (χ1n) is 7.84. The Morgan fingerprint density at radius 1 is 1.38 bits per heavy atom. The van der Waals surface area contributed by atoms with Crippen molar-refractivity contribution in [2.45, 2.75) is 45.1 Å². The zero-order chi connectivity index (χ0) is 17.9. The van der Waals surface area contributed by atoms with E-state index in [0.717, 1.165) is 6.42 Å². The summed E-state index contributed by atoms with van der Waals surface area (Å²) in [5.41, 5.74) is -0.454. The maximum atomic E-state index is 14.0. The van der Waals surface area contributed by atoms with Crippen LogP contribution in [0, 0.1) is 5.82 Å². The number of aliphatic carboxylic acids is 1. The van der Waals surface area contributed by atoms with Gasteiger partial charge in [-0.05, 0) is 44.9 Å². The van der Waals surface area contributed by atoms with Crippen LogP contribution >= 0.6 is 0 Å². The van der Waals surface area contributed by atoms with E-state index in [0.29, 0.717) is 18.7 Å². The van der Waals surface area contributed by atoms with Crippen LogP contribution in [0.5, 0.6) is 0 Å². The summed E-state index contributed by atoms with van der Waals surface area (Å²) in [6.07, 6.45) is 1.30. The molecule has 1 aliphatic heterocycles. The number of rotatable bonds is 6. The van der Waals surface area contributed by atoms with Gasteiger partial charge in [0.05, 0.1) is 5.56 Å². The Hall–Kier alpha value is -2.44. The summed E-state index contributed by atoms with van der Waals surface area (Å²) in [6, 6.07) is 4.01.